The van der Waals surface area contributed by atoms with Gasteiger partial charge in [-0.25, -0.2) is 0 Å². The van der Waals surface area contributed by atoms with Crippen LogP contribution in [0.1, 0.15) is 31.2 Å². The van der Waals surface area contributed by atoms with E-state index in [-0.39, 0.29) is 30.3 Å². The van der Waals surface area contributed by atoms with Crippen molar-refractivity contribution in [2.45, 2.75) is 26.4 Å². The van der Waals surface area contributed by atoms with E-state index >= 15 is 0 Å². The Morgan fingerprint density at radius 2 is 1.81 bits per heavy atom. The predicted octanol–water partition coefficient (Wildman–Crippen LogP) is 4.87. The number of nitrogens with zero attached hydrogens (tertiary/aromatic N) is 2. The molecule has 6 heteroatoms. The van der Waals surface area contributed by atoms with Gasteiger partial charge >= 0.3 is 5.97 Å². The van der Waals surface area contributed by atoms with Crippen LogP contribution in [-0.2, 0) is 16.1 Å². The molecule has 0 radical (unpaired) electrons. The summed E-state index contributed by atoms with van der Waals surface area (Å²) in [5, 5.41) is 4.55. The van der Waals surface area contributed by atoms with Crippen LogP contribution in [0.25, 0.3) is 11.4 Å². The van der Waals surface area contributed by atoms with Crippen molar-refractivity contribution in [1.29, 1.82) is 0 Å². The molecular formula is C20H19ClN2O3. The maximum absolute atomic E-state index is 12.6. The van der Waals surface area contributed by atoms with Gasteiger partial charge in [-0.2, -0.15) is 4.98 Å². The SMILES string of the molecule is CC(C)[C@@H](C(=O)OCc1nc(-c2ccccc2)no1)c1ccc(Cl)cc1. The molecule has 1 heterocycles. The van der Waals surface area contributed by atoms with E-state index < -0.39 is 0 Å². The highest BCUT2D eigenvalue weighted by Crippen LogP contribution is 2.27. The van der Waals surface area contributed by atoms with Crippen LogP contribution in [0.15, 0.2) is 59.1 Å². The highest BCUT2D eigenvalue weighted by atomic mass is 35.5. The number of carbonyl (C=O) groups excluding carboxylic acids is 1. The molecule has 0 aliphatic carbocycles. The third kappa shape index (κ3) is 4.29. The summed E-state index contributed by atoms with van der Waals surface area (Å²) in [7, 11) is 0. The molecule has 0 aliphatic heterocycles. The predicted molar refractivity (Wildman–Crippen MR) is 98.6 cm³/mol. The van der Waals surface area contributed by atoms with Crippen molar-refractivity contribution in [3.63, 3.8) is 0 Å². The highest BCUT2D eigenvalue weighted by Gasteiger charge is 2.26. The molecular weight excluding hydrogens is 352 g/mol. The second-order valence-electron chi connectivity index (χ2n) is 6.26. The Morgan fingerprint density at radius 3 is 2.46 bits per heavy atom. The number of hydrogen-bond donors (Lipinski definition) is 0. The van der Waals surface area contributed by atoms with Gasteiger partial charge in [-0.1, -0.05) is 73.1 Å². The van der Waals surface area contributed by atoms with Crippen LogP contribution in [0.5, 0.6) is 0 Å². The summed E-state index contributed by atoms with van der Waals surface area (Å²) in [4.78, 5) is 16.8. The molecule has 0 amide bonds. The third-order valence-electron chi connectivity index (χ3n) is 3.99. The van der Waals surface area contributed by atoms with Gasteiger partial charge in [0, 0.05) is 10.6 Å². The minimum Gasteiger partial charge on any atom is -0.455 e. The first-order valence-corrected chi connectivity index (χ1v) is 8.72. The lowest BCUT2D eigenvalue weighted by Gasteiger charge is -2.19. The molecule has 134 valence electrons. The van der Waals surface area contributed by atoms with Gasteiger partial charge in [0.1, 0.15) is 0 Å². The fourth-order valence-electron chi connectivity index (χ4n) is 2.70. The van der Waals surface area contributed by atoms with Gasteiger partial charge in [0.2, 0.25) is 5.82 Å². The smallest absolute Gasteiger partial charge is 0.314 e. The largest absolute Gasteiger partial charge is 0.455 e. The number of hydrogen-bond acceptors (Lipinski definition) is 5. The molecule has 1 atom stereocenters. The van der Waals surface area contributed by atoms with Gasteiger partial charge < -0.3 is 9.26 Å². The lowest BCUT2D eigenvalue weighted by molar-refractivity contribution is -0.148. The molecule has 1 aromatic heterocycles. The van der Waals surface area contributed by atoms with Crippen molar-refractivity contribution < 1.29 is 14.1 Å². The van der Waals surface area contributed by atoms with E-state index in [1.54, 1.807) is 12.1 Å². The van der Waals surface area contributed by atoms with Crippen LogP contribution in [0.3, 0.4) is 0 Å². The van der Waals surface area contributed by atoms with Crippen LogP contribution in [0, 0.1) is 5.92 Å². The summed E-state index contributed by atoms with van der Waals surface area (Å²) >= 11 is 5.93. The maximum Gasteiger partial charge on any atom is 0.314 e. The molecule has 0 saturated carbocycles. The second-order valence-corrected chi connectivity index (χ2v) is 6.70. The van der Waals surface area contributed by atoms with Crippen molar-refractivity contribution >= 4 is 17.6 Å². The Morgan fingerprint density at radius 1 is 1.12 bits per heavy atom. The summed E-state index contributed by atoms with van der Waals surface area (Å²) in [6.07, 6.45) is 0. The van der Waals surface area contributed by atoms with Crippen LogP contribution in [0.2, 0.25) is 5.02 Å². The molecule has 0 N–H and O–H groups in total. The topological polar surface area (TPSA) is 65.2 Å². The molecule has 26 heavy (non-hydrogen) atoms. The van der Waals surface area contributed by atoms with Crippen molar-refractivity contribution in [2.75, 3.05) is 0 Å². The highest BCUT2D eigenvalue weighted by molar-refractivity contribution is 6.30. The first kappa shape index (κ1) is 18.1. The number of benzene rings is 2. The van der Waals surface area contributed by atoms with Crippen molar-refractivity contribution in [3.8, 4) is 11.4 Å². The van der Waals surface area contributed by atoms with Crippen molar-refractivity contribution in [1.82, 2.24) is 10.1 Å². The summed E-state index contributed by atoms with van der Waals surface area (Å²) in [6.45, 7) is 3.89. The molecule has 0 aliphatic rings. The Hall–Kier alpha value is -2.66. The van der Waals surface area contributed by atoms with Gasteiger partial charge in [0.25, 0.3) is 5.89 Å². The molecule has 0 spiro atoms. The Labute approximate surface area is 156 Å². The standard InChI is InChI=1S/C20H19ClN2O3/c1-13(2)18(14-8-10-16(21)11-9-14)20(24)25-12-17-22-19(23-26-17)15-6-4-3-5-7-15/h3-11,13,18H,12H2,1-2H3/t18-/m1/s1. The minimum atomic E-state index is -0.385. The lowest BCUT2D eigenvalue weighted by atomic mass is 9.88. The van der Waals surface area contributed by atoms with E-state index in [0.29, 0.717) is 10.8 Å². The average molecular weight is 371 g/mol. The molecule has 2 aromatic carbocycles. The Kier molecular flexibility index (Phi) is 5.68. The molecule has 3 rings (SSSR count). The van der Waals surface area contributed by atoms with Crippen LogP contribution in [0.4, 0.5) is 0 Å². The van der Waals surface area contributed by atoms with Gasteiger partial charge in [0.05, 0.1) is 5.92 Å². The minimum absolute atomic E-state index is 0.0600. The summed E-state index contributed by atoms with van der Waals surface area (Å²) in [6, 6.07) is 16.7. The zero-order valence-electron chi connectivity index (χ0n) is 14.6. The summed E-state index contributed by atoms with van der Waals surface area (Å²) < 4.78 is 10.6. The zero-order chi connectivity index (χ0) is 18.5. The van der Waals surface area contributed by atoms with Crippen LogP contribution < -0.4 is 0 Å². The molecule has 0 fully saturated rings. The number of halogens is 1. The third-order valence-corrected chi connectivity index (χ3v) is 4.24. The van der Waals surface area contributed by atoms with E-state index in [1.807, 2.05) is 56.3 Å². The fourth-order valence-corrected chi connectivity index (χ4v) is 2.83. The normalized spacial score (nSPS) is 12.2. The van der Waals surface area contributed by atoms with Crippen molar-refractivity contribution in [2.24, 2.45) is 5.92 Å². The average Bonchev–Trinajstić information content (AvgIpc) is 3.11. The van der Waals surface area contributed by atoms with Crippen LogP contribution >= 0.6 is 11.6 Å². The monoisotopic (exact) mass is 370 g/mol. The lowest BCUT2D eigenvalue weighted by Crippen LogP contribution is -2.20. The molecule has 3 aromatic rings. The quantitative estimate of drug-likeness (QED) is 0.579. The van der Waals surface area contributed by atoms with E-state index in [2.05, 4.69) is 10.1 Å². The molecule has 5 nitrogen and oxygen atoms in total. The van der Waals surface area contributed by atoms with Gasteiger partial charge in [-0.3, -0.25) is 4.79 Å². The van der Waals surface area contributed by atoms with E-state index in [1.165, 1.54) is 0 Å². The Bertz CT molecular complexity index is 860. The molecule has 0 saturated heterocycles. The zero-order valence-corrected chi connectivity index (χ0v) is 15.3. The van der Waals surface area contributed by atoms with E-state index in [0.717, 1.165) is 11.1 Å². The fraction of sp³-hybridized carbons (Fsp3) is 0.250. The molecule has 0 unspecified atom stereocenters. The van der Waals surface area contributed by atoms with Gasteiger partial charge in [-0.05, 0) is 23.6 Å². The summed E-state index contributed by atoms with van der Waals surface area (Å²) in [5.41, 5.74) is 1.71. The van der Waals surface area contributed by atoms with E-state index in [4.69, 9.17) is 20.9 Å². The van der Waals surface area contributed by atoms with E-state index in [9.17, 15) is 4.79 Å². The second kappa shape index (κ2) is 8.15. The number of ether oxygens (including phenoxy) is 1. The maximum atomic E-state index is 12.6. The number of esters is 1. The first-order chi connectivity index (χ1) is 12.5. The van der Waals surface area contributed by atoms with Crippen LogP contribution in [-0.4, -0.2) is 16.1 Å². The Balaban J connectivity index is 1.67. The number of carbonyl (C=O) groups is 1. The van der Waals surface area contributed by atoms with Crippen molar-refractivity contribution in [3.05, 3.63) is 71.1 Å². The van der Waals surface area contributed by atoms with Gasteiger partial charge in [0.15, 0.2) is 6.61 Å². The summed E-state index contributed by atoms with van der Waals surface area (Å²) in [5.74, 6) is 0.0855. The molecule has 0 bridgehead atoms. The number of aromatic nitrogens is 2. The first-order valence-electron chi connectivity index (χ1n) is 8.34. The van der Waals surface area contributed by atoms with Gasteiger partial charge in [-0.15, -0.1) is 0 Å². The number of rotatable bonds is 6.